The predicted octanol–water partition coefficient (Wildman–Crippen LogP) is 1.64. The maximum absolute atomic E-state index is 12.3. The average molecular weight is 299 g/mol. The first kappa shape index (κ1) is 14.4. The number of hydrogen-bond donors (Lipinski definition) is 2. The third-order valence-electron chi connectivity index (χ3n) is 3.70. The Hall–Kier alpha value is -2.53. The lowest BCUT2D eigenvalue weighted by Gasteiger charge is -2.19. The van der Waals surface area contributed by atoms with Crippen LogP contribution in [0.3, 0.4) is 0 Å². The van der Waals surface area contributed by atoms with Crippen molar-refractivity contribution in [1.82, 2.24) is 5.32 Å². The number of carbonyl (C=O) groups is 1. The van der Waals surface area contributed by atoms with Gasteiger partial charge in [-0.05, 0) is 24.3 Å². The highest BCUT2D eigenvalue weighted by Gasteiger charge is 2.22. The van der Waals surface area contributed by atoms with E-state index >= 15 is 0 Å². The number of quaternary nitrogens is 1. The van der Waals surface area contributed by atoms with Gasteiger partial charge >= 0.3 is 0 Å². The summed E-state index contributed by atoms with van der Waals surface area (Å²) in [5.74, 6) is 0.965. The van der Waals surface area contributed by atoms with Crippen LogP contribution in [0.2, 0.25) is 0 Å². The average Bonchev–Trinajstić information content (AvgIpc) is 3.16. The Bertz CT molecular complexity index is 726. The number of furan rings is 2. The first-order valence-electron chi connectivity index (χ1n) is 7.25. The summed E-state index contributed by atoms with van der Waals surface area (Å²) >= 11 is 0. The third kappa shape index (κ3) is 2.89. The maximum Gasteiger partial charge on any atom is 0.287 e. The van der Waals surface area contributed by atoms with Gasteiger partial charge in [-0.1, -0.05) is 18.2 Å². The van der Waals surface area contributed by atoms with Gasteiger partial charge < -0.3 is 19.1 Å². The normalized spacial score (nSPS) is 12.7. The van der Waals surface area contributed by atoms with E-state index in [1.807, 2.05) is 50.5 Å². The van der Waals surface area contributed by atoms with Crippen molar-refractivity contribution in [2.45, 2.75) is 6.04 Å². The molecule has 114 valence electrons. The number of likely N-dealkylation sites (N-methyl/N-ethyl adjacent to an activating group) is 1. The van der Waals surface area contributed by atoms with Crippen LogP contribution in [0.5, 0.6) is 0 Å². The molecule has 0 saturated heterocycles. The minimum Gasteiger partial charge on any atom is -0.463 e. The summed E-state index contributed by atoms with van der Waals surface area (Å²) in [6.45, 7) is 0.478. The number of rotatable bonds is 5. The Morgan fingerprint density at radius 3 is 2.73 bits per heavy atom. The van der Waals surface area contributed by atoms with E-state index in [9.17, 15) is 4.79 Å². The van der Waals surface area contributed by atoms with Crippen LogP contribution >= 0.6 is 0 Å². The van der Waals surface area contributed by atoms with Crippen molar-refractivity contribution >= 4 is 16.9 Å². The van der Waals surface area contributed by atoms with E-state index in [0.717, 1.165) is 11.1 Å². The van der Waals surface area contributed by atoms with E-state index < -0.39 is 0 Å². The number of carbonyl (C=O) groups excluding carboxylic acids is 1. The molecular formula is C17H19N2O3+. The van der Waals surface area contributed by atoms with Crippen molar-refractivity contribution in [3.05, 3.63) is 60.2 Å². The van der Waals surface area contributed by atoms with Crippen LogP contribution in [0.4, 0.5) is 0 Å². The largest absolute Gasteiger partial charge is 0.463 e. The van der Waals surface area contributed by atoms with Gasteiger partial charge in [-0.25, -0.2) is 0 Å². The molecule has 0 radical (unpaired) electrons. The van der Waals surface area contributed by atoms with Gasteiger partial charge in [-0.15, -0.1) is 0 Å². The standard InChI is InChI=1S/C17H18N2O3/c1-19(2)13(15-8-5-9-21-15)11-18-17(20)16-10-12-6-3-4-7-14(12)22-16/h3-10,13H,11H2,1-2H3,(H,18,20)/p+1/t13-/m1/s1. The number of amides is 1. The zero-order valence-electron chi connectivity index (χ0n) is 12.6. The molecule has 0 aliphatic heterocycles. The molecule has 1 atom stereocenters. The van der Waals surface area contributed by atoms with Crippen molar-refractivity contribution in [3.63, 3.8) is 0 Å². The summed E-state index contributed by atoms with van der Waals surface area (Å²) in [6, 6.07) is 13.2. The first-order chi connectivity index (χ1) is 10.6. The molecule has 0 unspecified atom stereocenters. The van der Waals surface area contributed by atoms with Gasteiger partial charge in [-0.2, -0.15) is 0 Å². The van der Waals surface area contributed by atoms with Crippen LogP contribution in [0.25, 0.3) is 11.0 Å². The van der Waals surface area contributed by atoms with E-state index in [-0.39, 0.29) is 11.9 Å². The van der Waals surface area contributed by atoms with Gasteiger partial charge in [0.05, 0.1) is 26.9 Å². The van der Waals surface area contributed by atoms with Crippen LogP contribution in [-0.2, 0) is 0 Å². The number of hydrogen-bond acceptors (Lipinski definition) is 3. The van der Waals surface area contributed by atoms with Gasteiger partial charge in [-0.3, -0.25) is 4.79 Å². The minimum atomic E-state index is -0.214. The molecule has 22 heavy (non-hydrogen) atoms. The summed E-state index contributed by atoms with van der Waals surface area (Å²) < 4.78 is 11.0. The van der Waals surface area contributed by atoms with Gasteiger partial charge in [0.1, 0.15) is 5.58 Å². The molecule has 2 heterocycles. The second-order valence-corrected chi connectivity index (χ2v) is 5.50. The van der Waals surface area contributed by atoms with E-state index in [4.69, 9.17) is 8.83 Å². The highest BCUT2D eigenvalue weighted by molar-refractivity contribution is 5.96. The Labute approximate surface area is 128 Å². The zero-order valence-corrected chi connectivity index (χ0v) is 12.6. The first-order valence-corrected chi connectivity index (χ1v) is 7.25. The number of fused-ring (bicyclic) bond motifs is 1. The van der Waals surface area contributed by atoms with Crippen LogP contribution in [-0.4, -0.2) is 26.5 Å². The number of benzene rings is 1. The lowest BCUT2D eigenvalue weighted by Crippen LogP contribution is -3.07. The summed E-state index contributed by atoms with van der Waals surface area (Å²) in [5.41, 5.74) is 0.716. The van der Waals surface area contributed by atoms with E-state index in [0.29, 0.717) is 17.9 Å². The molecular weight excluding hydrogens is 280 g/mol. The Morgan fingerprint density at radius 1 is 1.23 bits per heavy atom. The van der Waals surface area contributed by atoms with Crippen LogP contribution < -0.4 is 10.2 Å². The summed E-state index contributed by atoms with van der Waals surface area (Å²) in [4.78, 5) is 13.4. The summed E-state index contributed by atoms with van der Waals surface area (Å²) in [6.07, 6.45) is 1.65. The number of para-hydroxylation sites is 1. The predicted molar refractivity (Wildman–Crippen MR) is 82.8 cm³/mol. The molecule has 2 N–H and O–H groups in total. The SMILES string of the molecule is C[NH+](C)[C@H](CNC(=O)c1cc2ccccc2o1)c1ccco1. The molecule has 0 bridgehead atoms. The van der Waals surface area contributed by atoms with Crippen LogP contribution in [0.15, 0.2) is 57.6 Å². The van der Waals surface area contributed by atoms with Crippen molar-refractivity contribution in [2.75, 3.05) is 20.6 Å². The third-order valence-corrected chi connectivity index (χ3v) is 3.70. The van der Waals surface area contributed by atoms with Crippen LogP contribution in [0, 0.1) is 0 Å². The molecule has 5 heteroatoms. The van der Waals surface area contributed by atoms with Crippen molar-refractivity contribution in [2.24, 2.45) is 0 Å². The number of nitrogens with one attached hydrogen (secondary N) is 2. The fourth-order valence-corrected chi connectivity index (χ4v) is 2.45. The minimum absolute atomic E-state index is 0.0586. The van der Waals surface area contributed by atoms with E-state index in [2.05, 4.69) is 5.32 Å². The molecule has 1 aromatic carbocycles. The van der Waals surface area contributed by atoms with E-state index in [1.54, 1.807) is 12.3 Å². The Morgan fingerprint density at radius 2 is 2.05 bits per heavy atom. The van der Waals surface area contributed by atoms with Crippen molar-refractivity contribution < 1.29 is 18.5 Å². The smallest absolute Gasteiger partial charge is 0.287 e. The Balaban J connectivity index is 1.71. The second-order valence-electron chi connectivity index (χ2n) is 5.50. The lowest BCUT2D eigenvalue weighted by molar-refractivity contribution is -0.891. The van der Waals surface area contributed by atoms with E-state index in [1.165, 1.54) is 4.90 Å². The molecule has 0 aliphatic rings. The van der Waals surface area contributed by atoms with Gasteiger partial charge in [0.2, 0.25) is 0 Å². The highest BCUT2D eigenvalue weighted by Crippen LogP contribution is 2.18. The molecule has 0 aliphatic carbocycles. The summed E-state index contributed by atoms with van der Waals surface area (Å²) in [7, 11) is 4.06. The molecule has 3 aromatic rings. The molecule has 2 aromatic heterocycles. The molecule has 5 nitrogen and oxygen atoms in total. The van der Waals surface area contributed by atoms with Gasteiger partial charge in [0.25, 0.3) is 5.91 Å². The topological polar surface area (TPSA) is 59.8 Å². The molecule has 0 fully saturated rings. The lowest BCUT2D eigenvalue weighted by atomic mass is 10.2. The van der Waals surface area contributed by atoms with Crippen molar-refractivity contribution in [1.29, 1.82) is 0 Å². The highest BCUT2D eigenvalue weighted by atomic mass is 16.3. The monoisotopic (exact) mass is 299 g/mol. The van der Waals surface area contributed by atoms with Crippen molar-refractivity contribution in [3.8, 4) is 0 Å². The molecule has 0 spiro atoms. The van der Waals surface area contributed by atoms with Gasteiger partial charge in [0, 0.05) is 5.39 Å². The zero-order chi connectivity index (χ0) is 15.5. The Kier molecular flexibility index (Phi) is 3.98. The maximum atomic E-state index is 12.3. The van der Waals surface area contributed by atoms with Gasteiger partial charge in [0.15, 0.2) is 17.6 Å². The molecule has 1 amide bonds. The fraction of sp³-hybridized carbons (Fsp3) is 0.235. The fourth-order valence-electron chi connectivity index (χ4n) is 2.45. The van der Waals surface area contributed by atoms with Crippen LogP contribution in [0.1, 0.15) is 22.4 Å². The summed E-state index contributed by atoms with van der Waals surface area (Å²) in [5, 5.41) is 3.84. The quantitative estimate of drug-likeness (QED) is 0.753. The second kappa shape index (κ2) is 6.07. The molecule has 3 rings (SSSR count). The molecule has 0 saturated carbocycles.